The molecule has 1 aliphatic rings. The molecule has 2 aromatic heterocycles. The molecule has 1 saturated heterocycles. The van der Waals surface area contributed by atoms with Crippen molar-refractivity contribution in [2.75, 3.05) is 13.1 Å². The van der Waals surface area contributed by atoms with E-state index in [0.29, 0.717) is 35.7 Å². The lowest BCUT2D eigenvalue weighted by Gasteiger charge is -2.33. The summed E-state index contributed by atoms with van der Waals surface area (Å²) in [6, 6.07) is 3.19. The molecule has 3 aromatic rings. The summed E-state index contributed by atoms with van der Waals surface area (Å²) < 4.78 is 7.36. The Kier molecular flexibility index (Phi) is 5.75. The fourth-order valence-corrected chi connectivity index (χ4v) is 3.86. The number of phenolic OH excluding ortho intramolecular Hbond substituents is 1. The predicted octanol–water partition coefficient (Wildman–Crippen LogP) is 4.50. The molecule has 1 amide bonds. The number of hydrogen-bond acceptors (Lipinski definition) is 6. The number of aromatic nitrogens is 4. The molecule has 1 N–H and O–H groups in total. The Morgan fingerprint density at radius 2 is 2.00 bits per heavy atom. The number of phenols is 1. The van der Waals surface area contributed by atoms with E-state index in [9.17, 15) is 9.90 Å². The molecule has 1 aliphatic heterocycles. The number of benzene rings is 1. The van der Waals surface area contributed by atoms with E-state index in [1.807, 2.05) is 31.6 Å². The number of hydrogen-bond donors (Lipinski definition) is 1. The molecule has 4 rings (SSSR count). The number of piperidine rings is 1. The Hall–Kier alpha value is -2.87. The van der Waals surface area contributed by atoms with Crippen molar-refractivity contribution in [1.82, 2.24) is 24.6 Å². The quantitative estimate of drug-likeness (QED) is 0.640. The molecule has 1 aromatic carbocycles. The Morgan fingerprint density at radius 3 is 2.71 bits per heavy atom. The minimum absolute atomic E-state index is 0.0194. The van der Waals surface area contributed by atoms with Gasteiger partial charge in [0.25, 0.3) is 0 Å². The molecule has 164 valence electrons. The molecule has 9 heteroatoms. The van der Waals surface area contributed by atoms with Crippen LogP contribution in [0, 0.1) is 5.92 Å². The number of likely N-dealkylation sites (tertiary alicyclic amines) is 1. The van der Waals surface area contributed by atoms with Crippen molar-refractivity contribution in [3.63, 3.8) is 0 Å². The van der Waals surface area contributed by atoms with Crippen LogP contribution >= 0.6 is 11.6 Å². The van der Waals surface area contributed by atoms with Gasteiger partial charge >= 0.3 is 6.09 Å². The molecule has 0 spiro atoms. The van der Waals surface area contributed by atoms with Gasteiger partial charge in [0, 0.05) is 31.4 Å². The molecule has 0 bridgehead atoms. The largest absolute Gasteiger partial charge is 0.506 e. The Balaban J connectivity index is 1.40. The van der Waals surface area contributed by atoms with Crippen LogP contribution in [-0.4, -0.2) is 54.5 Å². The summed E-state index contributed by atoms with van der Waals surface area (Å²) >= 11 is 6.18. The molecule has 0 atom stereocenters. The number of carbonyl (C=O) groups is 1. The zero-order valence-corrected chi connectivity index (χ0v) is 18.6. The number of aromatic hydroxyl groups is 1. The predicted molar refractivity (Wildman–Crippen MR) is 118 cm³/mol. The third-order valence-corrected chi connectivity index (χ3v) is 5.65. The average molecular weight is 444 g/mol. The summed E-state index contributed by atoms with van der Waals surface area (Å²) in [5.74, 6) is 0.412. The Bertz CT molecular complexity index is 1100. The van der Waals surface area contributed by atoms with Gasteiger partial charge < -0.3 is 14.7 Å². The number of fused-ring (bicyclic) bond motifs is 1. The van der Waals surface area contributed by atoms with Crippen molar-refractivity contribution in [2.24, 2.45) is 5.92 Å². The highest BCUT2D eigenvalue weighted by Gasteiger charge is 2.27. The molecule has 8 nitrogen and oxygen atoms in total. The zero-order chi connectivity index (χ0) is 22.2. The van der Waals surface area contributed by atoms with Crippen LogP contribution in [0.25, 0.3) is 22.3 Å². The molecule has 0 aliphatic carbocycles. The maximum Gasteiger partial charge on any atom is 0.410 e. The molecular formula is C22H26ClN5O3. The minimum atomic E-state index is -0.478. The van der Waals surface area contributed by atoms with E-state index >= 15 is 0 Å². The van der Waals surface area contributed by atoms with Crippen molar-refractivity contribution in [3.05, 3.63) is 35.7 Å². The first-order chi connectivity index (χ1) is 14.7. The first-order valence-electron chi connectivity index (χ1n) is 10.3. The summed E-state index contributed by atoms with van der Waals surface area (Å²) in [5, 5.41) is 14.5. The average Bonchev–Trinajstić information content (AvgIpc) is 3.18. The van der Waals surface area contributed by atoms with Crippen molar-refractivity contribution >= 4 is 28.7 Å². The van der Waals surface area contributed by atoms with Crippen molar-refractivity contribution in [3.8, 4) is 17.0 Å². The van der Waals surface area contributed by atoms with Gasteiger partial charge in [0.05, 0.1) is 23.6 Å². The lowest BCUT2D eigenvalue weighted by atomic mass is 9.97. The van der Waals surface area contributed by atoms with Gasteiger partial charge in [0.1, 0.15) is 21.9 Å². The van der Waals surface area contributed by atoms with E-state index in [4.69, 9.17) is 16.3 Å². The molecule has 1 fully saturated rings. The number of carbonyl (C=O) groups excluding carboxylic acids is 1. The van der Waals surface area contributed by atoms with Crippen LogP contribution in [0.15, 0.2) is 30.7 Å². The normalized spacial score (nSPS) is 15.4. The third-order valence-electron chi connectivity index (χ3n) is 5.27. The Labute approximate surface area is 185 Å². The maximum absolute atomic E-state index is 12.2. The highest BCUT2D eigenvalue weighted by Crippen LogP contribution is 2.31. The first kappa shape index (κ1) is 21.4. The van der Waals surface area contributed by atoms with Crippen molar-refractivity contribution < 1.29 is 14.6 Å². The van der Waals surface area contributed by atoms with Crippen LogP contribution in [0.3, 0.4) is 0 Å². The molecule has 31 heavy (non-hydrogen) atoms. The van der Waals surface area contributed by atoms with Gasteiger partial charge in [-0.1, -0.05) is 11.6 Å². The van der Waals surface area contributed by atoms with E-state index in [2.05, 4.69) is 15.1 Å². The van der Waals surface area contributed by atoms with Gasteiger partial charge in [-0.2, -0.15) is 5.10 Å². The van der Waals surface area contributed by atoms with Crippen LogP contribution in [0.5, 0.6) is 5.75 Å². The molecule has 0 radical (unpaired) electrons. The minimum Gasteiger partial charge on any atom is -0.506 e. The second-order valence-corrected chi connectivity index (χ2v) is 9.26. The third kappa shape index (κ3) is 4.90. The second-order valence-electron chi connectivity index (χ2n) is 8.88. The van der Waals surface area contributed by atoms with Crippen LogP contribution < -0.4 is 0 Å². The van der Waals surface area contributed by atoms with Gasteiger partial charge in [0.2, 0.25) is 0 Å². The Morgan fingerprint density at radius 1 is 1.26 bits per heavy atom. The molecule has 3 heterocycles. The monoisotopic (exact) mass is 443 g/mol. The summed E-state index contributed by atoms with van der Waals surface area (Å²) in [4.78, 5) is 23.0. The van der Waals surface area contributed by atoms with Gasteiger partial charge in [-0.05, 0) is 51.7 Å². The summed E-state index contributed by atoms with van der Waals surface area (Å²) in [7, 11) is 0. The second kappa shape index (κ2) is 8.34. The van der Waals surface area contributed by atoms with Gasteiger partial charge in [-0.25, -0.2) is 9.78 Å². The molecule has 0 unspecified atom stereocenters. The van der Waals surface area contributed by atoms with E-state index in [1.54, 1.807) is 23.4 Å². The number of halogens is 1. The molecule has 0 saturated carbocycles. The van der Waals surface area contributed by atoms with E-state index in [-0.39, 0.29) is 16.9 Å². The fourth-order valence-electron chi connectivity index (χ4n) is 3.66. The van der Waals surface area contributed by atoms with Gasteiger partial charge in [0.15, 0.2) is 0 Å². The molecular weight excluding hydrogens is 418 g/mol. The topological polar surface area (TPSA) is 93.4 Å². The van der Waals surface area contributed by atoms with Crippen LogP contribution in [0.2, 0.25) is 5.02 Å². The van der Waals surface area contributed by atoms with Gasteiger partial charge in [-0.15, -0.1) is 0 Å². The zero-order valence-electron chi connectivity index (χ0n) is 17.9. The number of amides is 1. The van der Waals surface area contributed by atoms with E-state index < -0.39 is 5.60 Å². The van der Waals surface area contributed by atoms with Gasteiger partial charge in [-0.3, -0.25) is 9.67 Å². The first-order valence-corrected chi connectivity index (χ1v) is 10.7. The number of nitrogens with zero attached hydrogens (tertiary/aromatic N) is 5. The maximum atomic E-state index is 12.2. The lowest BCUT2D eigenvalue weighted by Crippen LogP contribution is -2.42. The number of rotatable bonds is 3. The standard InChI is InChI=1S/C22H26ClN5O3/c1-22(2,3)31-21(30)27-8-6-14(7-9-27)12-28-13-15(10-25-28)17-11-24-16-4-5-18(29)19(23)20(16)26-17/h4-5,10-11,13-14,29H,6-9,12H2,1-3H3. The van der Waals surface area contributed by atoms with E-state index in [1.165, 1.54) is 6.07 Å². The highest BCUT2D eigenvalue weighted by atomic mass is 35.5. The SMILES string of the molecule is CC(C)(C)OC(=O)N1CCC(Cn2cc(-c3cnc4ccc(O)c(Cl)c4n3)cn2)CC1. The smallest absolute Gasteiger partial charge is 0.410 e. The summed E-state index contributed by atoms with van der Waals surface area (Å²) in [6.07, 6.45) is 6.93. The summed E-state index contributed by atoms with van der Waals surface area (Å²) in [5.41, 5.74) is 2.08. The lowest BCUT2D eigenvalue weighted by molar-refractivity contribution is 0.0177. The van der Waals surface area contributed by atoms with E-state index in [0.717, 1.165) is 24.9 Å². The summed E-state index contributed by atoms with van der Waals surface area (Å²) in [6.45, 7) is 7.78. The van der Waals surface area contributed by atoms with Crippen LogP contribution in [0.1, 0.15) is 33.6 Å². The van der Waals surface area contributed by atoms with Crippen LogP contribution in [0.4, 0.5) is 4.79 Å². The highest BCUT2D eigenvalue weighted by molar-refractivity contribution is 6.36. The fraction of sp³-hybridized carbons (Fsp3) is 0.455. The van der Waals surface area contributed by atoms with Crippen molar-refractivity contribution in [2.45, 2.75) is 45.8 Å². The van der Waals surface area contributed by atoms with Crippen molar-refractivity contribution in [1.29, 1.82) is 0 Å². The number of ether oxygens (including phenoxy) is 1. The van der Waals surface area contributed by atoms with Crippen LogP contribution in [-0.2, 0) is 11.3 Å².